The number of hydrogen-bond donors (Lipinski definition) is 3. The van der Waals surface area contributed by atoms with Crippen LogP contribution in [0.15, 0.2) is 55.1 Å². The lowest BCUT2D eigenvalue weighted by Crippen LogP contribution is -2.34. The lowest BCUT2D eigenvalue weighted by molar-refractivity contribution is -0.249. The number of nitrogens with zero attached hydrogens (tertiary/aromatic N) is 4. The molecule has 4 unspecified atom stereocenters. The van der Waals surface area contributed by atoms with Gasteiger partial charge in [0.25, 0.3) is 15.6 Å². The highest BCUT2D eigenvalue weighted by Crippen LogP contribution is 2.62. The third-order valence-corrected chi connectivity index (χ3v) is 9.83. The fourth-order valence-corrected chi connectivity index (χ4v) is 7.34. The monoisotopic (exact) mass is 630 g/mol. The second kappa shape index (κ2) is 11.1. The van der Waals surface area contributed by atoms with Gasteiger partial charge in [-0.3, -0.25) is 18.3 Å². The van der Waals surface area contributed by atoms with Gasteiger partial charge >= 0.3 is 7.82 Å². The number of anilines is 1. The zero-order valence-corrected chi connectivity index (χ0v) is 23.0. The molecule has 0 amide bonds. The quantitative estimate of drug-likeness (QED) is 0.190. The molecule has 1 aliphatic heterocycles. The van der Waals surface area contributed by atoms with Crippen LogP contribution in [0.3, 0.4) is 0 Å². The van der Waals surface area contributed by atoms with E-state index in [1.54, 1.807) is 24.3 Å². The highest BCUT2D eigenvalue weighted by atomic mass is 31.3. The molecule has 5 rings (SSSR count). The van der Waals surface area contributed by atoms with E-state index in [9.17, 15) is 38.6 Å². The second-order valence-corrected chi connectivity index (χ2v) is 13.0. The van der Waals surface area contributed by atoms with Crippen LogP contribution in [0.5, 0.6) is 5.75 Å². The van der Waals surface area contributed by atoms with Crippen LogP contribution in [0.1, 0.15) is 6.23 Å². The van der Waals surface area contributed by atoms with Crippen LogP contribution in [0.4, 0.5) is 5.82 Å². The summed E-state index contributed by atoms with van der Waals surface area (Å²) in [4.78, 5) is 48.1. The van der Waals surface area contributed by atoms with E-state index < -0.39 is 54.6 Å². The van der Waals surface area contributed by atoms with Crippen LogP contribution in [0, 0.1) is 0 Å². The molecule has 7 atom stereocenters. The van der Waals surface area contributed by atoms with Crippen molar-refractivity contribution in [2.45, 2.75) is 24.5 Å². The van der Waals surface area contributed by atoms with Gasteiger partial charge in [-0.25, -0.2) is 23.6 Å². The number of aliphatic hydroxyl groups is 2. The summed E-state index contributed by atoms with van der Waals surface area (Å²) < 4.78 is 59.8. The summed E-state index contributed by atoms with van der Waals surface area (Å²) in [5.74, 6) is -0.287. The minimum absolute atomic E-state index is 0.0284. The number of aromatic nitrogens is 4. The van der Waals surface area contributed by atoms with E-state index in [1.807, 2.05) is 0 Å². The first-order valence-electron chi connectivity index (χ1n) is 11.4. The van der Waals surface area contributed by atoms with Crippen molar-refractivity contribution in [1.29, 1.82) is 0 Å². The lowest BCUT2D eigenvalue weighted by Gasteiger charge is -2.34. The minimum atomic E-state index is -6.14. The summed E-state index contributed by atoms with van der Waals surface area (Å²) in [5.41, 5.74) is 6.02. The van der Waals surface area contributed by atoms with Crippen molar-refractivity contribution in [3.63, 3.8) is 0 Å². The average molecular weight is 630 g/mol. The molecule has 18 nitrogen and oxygen atoms in total. The van der Waals surface area contributed by atoms with E-state index >= 15 is 0 Å². The van der Waals surface area contributed by atoms with Gasteiger partial charge in [0.15, 0.2) is 17.7 Å². The molecule has 4 aromatic rings. The Bertz CT molecular complexity index is 1740. The SMILES string of the molecule is Nc1ncnc2c1ncn2[C@@H]1O[C@H](COP(=O)([O-])OP(=O)([O-])OP(=O)([O-])Oc2ccc3ccccc3c2)[C@H](O)C1O. The second-order valence-electron chi connectivity index (χ2n) is 8.53. The molecule has 0 aliphatic carbocycles. The molecule has 1 fully saturated rings. The molecule has 0 radical (unpaired) electrons. The molecule has 2 aromatic heterocycles. The summed E-state index contributed by atoms with van der Waals surface area (Å²) in [6.07, 6.45) is -3.94. The van der Waals surface area contributed by atoms with Crippen LogP contribution >= 0.6 is 23.5 Å². The van der Waals surface area contributed by atoms with Gasteiger partial charge < -0.3 is 44.4 Å². The summed E-state index contributed by atoms with van der Waals surface area (Å²) in [7, 11) is -17.7. The molecule has 1 aliphatic rings. The summed E-state index contributed by atoms with van der Waals surface area (Å²) >= 11 is 0. The minimum Gasteiger partial charge on any atom is -0.756 e. The zero-order chi connectivity index (χ0) is 29.6. The van der Waals surface area contributed by atoms with Gasteiger partial charge in [0, 0.05) is 0 Å². The number of phosphoric ester groups is 2. The van der Waals surface area contributed by atoms with Gasteiger partial charge in [0.05, 0.1) is 12.9 Å². The molecule has 0 saturated carbocycles. The molecule has 3 heterocycles. The van der Waals surface area contributed by atoms with E-state index in [0.717, 1.165) is 11.7 Å². The molecule has 0 bridgehead atoms. The van der Waals surface area contributed by atoms with Gasteiger partial charge in [-0.2, -0.15) is 0 Å². The standard InChI is InChI=1S/C20H22N5O13P3/c21-18-15-19(23-9-22-18)25(10-24-15)20-17(27)16(26)14(35-20)8-34-39(28,29)37-41(32,33)38-40(30,31)36-13-6-5-11-3-1-2-4-12(11)7-13/h1-7,9-10,14,16-17,20,26-27H,8H2,(H,28,29)(H,30,31)(H,32,33)(H2,21,22,23)/p-3/t14-,16+,17?,20-/m1/s1. The van der Waals surface area contributed by atoms with Crippen molar-refractivity contribution in [2.24, 2.45) is 0 Å². The van der Waals surface area contributed by atoms with Crippen LogP contribution in [0.2, 0.25) is 0 Å². The van der Waals surface area contributed by atoms with Crippen molar-refractivity contribution in [3.8, 4) is 5.75 Å². The number of imidazole rings is 1. The zero-order valence-electron chi connectivity index (χ0n) is 20.3. The van der Waals surface area contributed by atoms with Crippen molar-refractivity contribution in [2.75, 3.05) is 12.3 Å². The Morgan fingerprint density at radius 3 is 2.39 bits per heavy atom. The Labute approximate surface area is 229 Å². The third-order valence-electron chi connectivity index (χ3n) is 5.73. The Balaban J connectivity index is 1.20. The Kier molecular flexibility index (Phi) is 8.04. The molecule has 0 spiro atoms. The summed E-state index contributed by atoms with van der Waals surface area (Å²) in [5, 5.41) is 22.0. The summed E-state index contributed by atoms with van der Waals surface area (Å²) in [6, 6.07) is 10.8. The molecule has 1 saturated heterocycles. The van der Waals surface area contributed by atoms with Crippen LogP contribution in [-0.4, -0.2) is 54.7 Å². The third kappa shape index (κ3) is 6.65. The van der Waals surface area contributed by atoms with Gasteiger partial charge in [0.1, 0.15) is 35.9 Å². The molecule has 41 heavy (non-hydrogen) atoms. The van der Waals surface area contributed by atoms with Crippen LogP contribution in [-0.2, 0) is 31.6 Å². The number of benzene rings is 2. The number of ether oxygens (including phenoxy) is 1. The number of rotatable bonds is 10. The summed E-state index contributed by atoms with van der Waals surface area (Å²) in [6.45, 7) is -1.05. The first kappa shape index (κ1) is 29.7. The van der Waals surface area contributed by atoms with E-state index in [2.05, 4.69) is 32.6 Å². The lowest BCUT2D eigenvalue weighted by atomic mass is 10.1. The predicted octanol–water partition coefficient (Wildman–Crippen LogP) is -0.285. The number of hydrogen-bond acceptors (Lipinski definition) is 17. The maximum absolute atomic E-state index is 12.2. The highest BCUT2D eigenvalue weighted by Gasteiger charge is 2.45. The number of aliphatic hydroxyl groups excluding tert-OH is 2. The highest BCUT2D eigenvalue weighted by molar-refractivity contribution is 7.65. The molecular weight excluding hydrogens is 611 g/mol. The Morgan fingerprint density at radius 1 is 0.927 bits per heavy atom. The smallest absolute Gasteiger partial charge is 0.326 e. The van der Waals surface area contributed by atoms with Gasteiger partial charge in [-0.1, -0.05) is 30.3 Å². The van der Waals surface area contributed by atoms with E-state index in [0.29, 0.717) is 5.39 Å². The maximum atomic E-state index is 12.2. The first-order chi connectivity index (χ1) is 19.2. The topological polar surface area (TPSA) is 277 Å². The van der Waals surface area contributed by atoms with E-state index in [-0.39, 0.29) is 22.7 Å². The van der Waals surface area contributed by atoms with Gasteiger partial charge in [-0.15, -0.1) is 0 Å². The molecule has 21 heteroatoms. The molecule has 220 valence electrons. The molecule has 2 aromatic carbocycles. The van der Waals surface area contributed by atoms with Crippen molar-refractivity contribution >= 4 is 51.2 Å². The largest absolute Gasteiger partial charge is 0.756 e. The maximum Gasteiger partial charge on any atom is 0.326 e. The van der Waals surface area contributed by atoms with Crippen LogP contribution in [0.25, 0.3) is 21.9 Å². The fourth-order valence-electron chi connectivity index (χ4n) is 3.97. The van der Waals surface area contributed by atoms with Gasteiger partial charge in [-0.05, 0) is 22.9 Å². The number of fused-ring (bicyclic) bond motifs is 2. The Hall–Kier alpha value is -2.82. The van der Waals surface area contributed by atoms with Crippen LogP contribution < -0.4 is 24.9 Å². The van der Waals surface area contributed by atoms with Crippen molar-refractivity contribution in [1.82, 2.24) is 19.5 Å². The van der Waals surface area contributed by atoms with E-state index in [1.165, 1.54) is 29.1 Å². The predicted molar refractivity (Wildman–Crippen MR) is 131 cm³/mol. The molecule has 4 N–H and O–H groups in total. The van der Waals surface area contributed by atoms with E-state index in [4.69, 9.17) is 10.5 Å². The number of nitrogens with two attached hydrogens (primary N) is 1. The normalized spacial score (nSPS) is 25.5. The van der Waals surface area contributed by atoms with Crippen molar-refractivity contribution < 1.29 is 61.0 Å². The average Bonchev–Trinajstić information content (AvgIpc) is 3.43. The van der Waals surface area contributed by atoms with Gasteiger partial charge in [0.2, 0.25) is 0 Å². The van der Waals surface area contributed by atoms with Crippen molar-refractivity contribution in [3.05, 3.63) is 55.1 Å². The first-order valence-corrected chi connectivity index (χ1v) is 15.8. The number of nitrogen functional groups attached to an aromatic ring is 1. The Morgan fingerprint density at radius 2 is 1.63 bits per heavy atom. The fraction of sp³-hybridized carbons (Fsp3) is 0.250. The number of phosphoric acid groups is 3. The molecular formula is C20H19N5O13P3-3.